The van der Waals surface area contributed by atoms with Crippen molar-refractivity contribution in [1.82, 2.24) is 25.1 Å². The molecule has 128 valence electrons. The number of carbonyl (C=O) groups is 1. The van der Waals surface area contributed by atoms with Gasteiger partial charge in [-0.2, -0.15) is 4.80 Å². The van der Waals surface area contributed by atoms with Crippen molar-refractivity contribution in [1.29, 1.82) is 0 Å². The number of benzene rings is 2. The Morgan fingerprint density at radius 1 is 1.08 bits per heavy atom. The Kier molecular flexibility index (Phi) is 5.36. The Balaban J connectivity index is 1.51. The molecule has 0 N–H and O–H groups in total. The zero-order chi connectivity index (χ0) is 17.5. The lowest BCUT2D eigenvalue weighted by Crippen LogP contribution is -2.30. The molecule has 7 nitrogen and oxygen atoms in total. The van der Waals surface area contributed by atoms with Crippen LogP contribution in [-0.4, -0.2) is 38.1 Å². The first-order valence-corrected chi connectivity index (χ1v) is 7.93. The van der Waals surface area contributed by atoms with Gasteiger partial charge in [-0.25, -0.2) is 0 Å². The molecule has 0 bridgehead atoms. The van der Waals surface area contributed by atoms with Crippen molar-refractivity contribution < 1.29 is 9.53 Å². The van der Waals surface area contributed by atoms with Gasteiger partial charge in [0.15, 0.2) is 6.61 Å². The molecule has 0 radical (unpaired) electrons. The molecule has 0 unspecified atom stereocenters. The molecule has 0 atom stereocenters. The smallest absolute Gasteiger partial charge is 0.246 e. The molecule has 1 amide bonds. The Morgan fingerprint density at radius 3 is 2.48 bits per heavy atom. The molecule has 0 fully saturated rings. The molecule has 2 aromatic carbocycles. The molecular formula is C18H19N5O2. The monoisotopic (exact) mass is 337 g/mol. The summed E-state index contributed by atoms with van der Waals surface area (Å²) >= 11 is 0. The number of tetrazole rings is 1. The van der Waals surface area contributed by atoms with Crippen molar-refractivity contribution in [3.63, 3.8) is 0 Å². The van der Waals surface area contributed by atoms with Crippen LogP contribution < -0.4 is 4.74 Å². The minimum Gasteiger partial charge on any atom is -0.485 e. The van der Waals surface area contributed by atoms with E-state index in [-0.39, 0.29) is 19.1 Å². The second kappa shape index (κ2) is 8.05. The fraction of sp³-hybridized carbons (Fsp3) is 0.222. The normalized spacial score (nSPS) is 10.4. The minimum atomic E-state index is -0.0863. The van der Waals surface area contributed by atoms with E-state index in [1.807, 2.05) is 60.7 Å². The standard InChI is InChI=1S/C18H19N5O2/c1-22(12-15-8-4-2-5-9-15)18(24)13-23-20-17(19-21-23)14-25-16-10-6-3-7-11-16/h2-11H,12-14H2,1H3. The number of carbonyl (C=O) groups excluding carboxylic acids is 1. The number of amides is 1. The van der Waals surface area contributed by atoms with Crippen LogP contribution in [0.2, 0.25) is 0 Å². The molecule has 0 aliphatic rings. The zero-order valence-electron chi connectivity index (χ0n) is 13.9. The highest BCUT2D eigenvalue weighted by molar-refractivity contribution is 5.75. The Labute approximate surface area is 145 Å². The van der Waals surface area contributed by atoms with Gasteiger partial charge in [0.1, 0.15) is 12.3 Å². The van der Waals surface area contributed by atoms with E-state index in [2.05, 4.69) is 15.4 Å². The third-order valence-corrected chi connectivity index (χ3v) is 3.57. The lowest BCUT2D eigenvalue weighted by atomic mass is 10.2. The summed E-state index contributed by atoms with van der Waals surface area (Å²) in [6.07, 6.45) is 0. The van der Waals surface area contributed by atoms with Gasteiger partial charge in [-0.3, -0.25) is 4.79 Å². The van der Waals surface area contributed by atoms with E-state index in [1.165, 1.54) is 4.80 Å². The maximum absolute atomic E-state index is 12.3. The predicted molar refractivity (Wildman–Crippen MR) is 91.5 cm³/mol. The van der Waals surface area contributed by atoms with Crippen LogP contribution in [0.1, 0.15) is 11.4 Å². The van der Waals surface area contributed by atoms with Gasteiger partial charge in [0.2, 0.25) is 11.7 Å². The van der Waals surface area contributed by atoms with E-state index in [0.29, 0.717) is 12.4 Å². The van der Waals surface area contributed by atoms with Crippen molar-refractivity contribution in [2.75, 3.05) is 7.05 Å². The number of hydrogen-bond acceptors (Lipinski definition) is 5. The van der Waals surface area contributed by atoms with E-state index in [9.17, 15) is 4.79 Å². The summed E-state index contributed by atoms with van der Waals surface area (Å²) in [6.45, 7) is 0.790. The van der Waals surface area contributed by atoms with Crippen molar-refractivity contribution in [2.24, 2.45) is 0 Å². The predicted octanol–water partition coefficient (Wildman–Crippen LogP) is 1.91. The van der Waals surface area contributed by atoms with E-state index >= 15 is 0 Å². The van der Waals surface area contributed by atoms with Crippen LogP contribution in [0, 0.1) is 0 Å². The number of hydrogen-bond donors (Lipinski definition) is 0. The molecule has 0 spiro atoms. The number of likely N-dealkylation sites (N-methyl/N-ethyl adjacent to an activating group) is 1. The molecule has 7 heteroatoms. The molecular weight excluding hydrogens is 318 g/mol. The van der Waals surface area contributed by atoms with Crippen molar-refractivity contribution in [3.05, 3.63) is 72.1 Å². The molecule has 0 aliphatic heterocycles. The molecule has 25 heavy (non-hydrogen) atoms. The molecule has 0 aliphatic carbocycles. The van der Waals surface area contributed by atoms with Gasteiger partial charge >= 0.3 is 0 Å². The lowest BCUT2D eigenvalue weighted by Gasteiger charge is -2.16. The summed E-state index contributed by atoms with van der Waals surface area (Å²) in [5, 5.41) is 12.0. The van der Waals surface area contributed by atoms with Gasteiger partial charge in [-0.05, 0) is 22.9 Å². The maximum atomic E-state index is 12.3. The van der Waals surface area contributed by atoms with Crippen molar-refractivity contribution in [3.8, 4) is 5.75 Å². The Hall–Kier alpha value is -3.22. The van der Waals surface area contributed by atoms with E-state index in [4.69, 9.17) is 4.74 Å². The number of para-hydroxylation sites is 1. The quantitative estimate of drug-likeness (QED) is 0.658. The van der Waals surface area contributed by atoms with Crippen LogP contribution in [0.25, 0.3) is 0 Å². The van der Waals surface area contributed by atoms with Gasteiger partial charge in [0.25, 0.3) is 0 Å². The Bertz CT molecular complexity index is 805. The lowest BCUT2D eigenvalue weighted by molar-refractivity contribution is -0.131. The van der Waals surface area contributed by atoms with Gasteiger partial charge in [-0.1, -0.05) is 48.5 Å². The van der Waals surface area contributed by atoms with E-state index < -0.39 is 0 Å². The summed E-state index contributed by atoms with van der Waals surface area (Å²) in [5.74, 6) is 1.08. The fourth-order valence-corrected chi connectivity index (χ4v) is 2.25. The van der Waals surface area contributed by atoms with Crippen LogP contribution in [0.4, 0.5) is 0 Å². The summed E-state index contributed by atoms with van der Waals surface area (Å²) in [6, 6.07) is 19.2. The van der Waals surface area contributed by atoms with Crippen LogP contribution >= 0.6 is 0 Å². The number of ether oxygens (including phenoxy) is 1. The first-order valence-electron chi connectivity index (χ1n) is 7.93. The van der Waals surface area contributed by atoms with Crippen LogP contribution in [-0.2, 0) is 24.5 Å². The highest BCUT2D eigenvalue weighted by Crippen LogP contribution is 2.09. The first-order chi connectivity index (χ1) is 12.2. The van der Waals surface area contributed by atoms with Crippen LogP contribution in [0.5, 0.6) is 5.75 Å². The summed E-state index contributed by atoms with van der Waals surface area (Å²) in [5.41, 5.74) is 1.07. The first kappa shape index (κ1) is 16.6. The summed E-state index contributed by atoms with van der Waals surface area (Å²) in [4.78, 5) is 15.2. The topological polar surface area (TPSA) is 73.1 Å². The van der Waals surface area contributed by atoms with Crippen molar-refractivity contribution >= 4 is 5.91 Å². The van der Waals surface area contributed by atoms with Gasteiger partial charge in [0, 0.05) is 13.6 Å². The highest BCUT2D eigenvalue weighted by atomic mass is 16.5. The molecule has 0 saturated carbocycles. The second-order valence-corrected chi connectivity index (χ2v) is 5.57. The molecule has 1 aromatic heterocycles. The third-order valence-electron chi connectivity index (χ3n) is 3.57. The minimum absolute atomic E-state index is 0.0433. The molecule has 1 heterocycles. The largest absolute Gasteiger partial charge is 0.485 e. The summed E-state index contributed by atoms with van der Waals surface area (Å²) < 4.78 is 5.56. The van der Waals surface area contributed by atoms with Crippen LogP contribution in [0.15, 0.2) is 60.7 Å². The molecule has 0 saturated heterocycles. The summed E-state index contributed by atoms with van der Waals surface area (Å²) in [7, 11) is 1.76. The zero-order valence-corrected chi connectivity index (χ0v) is 13.9. The number of nitrogens with zero attached hydrogens (tertiary/aromatic N) is 5. The van der Waals surface area contributed by atoms with E-state index in [1.54, 1.807) is 11.9 Å². The molecule has 3 aromatic rings. The van der Waals surface area contributed by atoms with Gasteiger partial charge < -0.3 is 9.64 Å². The molecule has 3 rings (SSSR count). The average molecular weight is 337 g/mol. The van der Waals surface area contributed by atoms with Crippen LogP contribution in [0.3, 0.4) is 0 Å². The maximum Gasteiger partial charge on any atom is 0.246 e. The van der Waals surface area contributed by atoms with Crippen molar-refractivity contribution in [2.45, 2.75) is 19.7 Å². The third kappa shape index (κ3) is 4.87. The Morgan fingerprint density at radius 2 is 1.76 bits per heavy atom. The van der Waals surface area contributed by atoms with E-state index in [0.717, 1.165) is 11.3 Å². The van der Waals surface area contributed by atoms with Gasteiger partial charge in [0.05, 0.1) is 0 Å². The number of rotatable bonds is 7. The fourth-order valence-electron chi connectivity index (χ4n) is 2.25. The number of aromatic nitrogens is 4. The average Bonchev–Trinajstić information content (AvgIpc) is 3.09. The van der Waals surface area contributed by atoms with Gasteiger partial charge in [-0.15, -0.1) is 10.2 Å². The SMILES string of the molecule is CN(Cc1ccccc1)C(=O)Cn1nnc(COc2ccccc2)n1. The second-order valence-electron chi connectivity index (χ2n) is 5.57. The highest BCUT2D eigenvalue weighted by Gasteiger charge is 2.13.